The van der Waals surface area contributed by atoms with Crippen molar-refractivity contribution in [3.8, 4) is 0 Å². The molecule has 2 aromatic carbocycles. The molecule has 0 aliphatic carbocycles. The Hall–Kier alpha value is -2.00. The van der Waals surface area contributed by atoms with E-state index in [1.54, 1.807) is 0 Å². The van der Waals surface area contributed by atoms with Gasteiger partial charge in [0.2, 0.25) is 10.0 Å². The summed E-state index contributed by atoms with van der Waals surface area (Å²) in [5.41, 5.74) is 0.996. The van der Waals surface area contributed by atoms with E-state index in [2.05, 4.69) is 4.98 Å². The van der Waals surface area contributed by atoms with E-state index in [1.165, 1.54) is 33.8 Å². The standard InChI is InChI=1S/C20H19ClN2O4S2/c21-15-9-8-14(12-18(15)29(25,26)23-10-4-1-5-11-23)20(24)27-13-19-22-16-6-2-3-7-17(16)28-19/h2-3,6-9,12H,1,4-5,10-11,13H2. The van der Waals surface area contributed by atoms with E-state index >= 15 is 0 Å². The van der Waals surface area contributed by atoms with E-state index in [0.717, 1.165) is 29.5 Å². The first-order valence-electron chi connectivity index (χ1n) is 9.26. The lowest BCUT2D eigenvalue weighted by molar-refractivity contribution is 0.0472. The zero-order valence-electron chi connectivity index (χ0n) is 15.5. The minimum Gasteiger partial charge on any atom is -0.455 e. The Bertz CT molecular complexity index is 1120. The van der Waals surface area contributed by atoms with Crippen LogP contribution in [0.5, 0.6) is 0 Å². The number of halogens is 1. The van der Waals surface area contributed by atoms with Crippen molar-refractivity contribution in [2.24, 2.45) is 0 Å². The zero-order chi connectivity index (χ0) is 20.4. The molecule has 152 valence electrons. The molecule has 1 fully saturated rings. The van der Waals surface area contributed by atoms with Crippen LogP contribution in [0.15, 0.2) is 47.4 Å². The van der Waals surface area contributed by atoms with E-state index in [9.17, 15) is 13.2 Å². The summed E-state index contributed by atoms with van der Waals surface area (Å²) >= 11 is 7.61. The van der Waals surface area contributed by atoms with Gasteiger partial charge in [0.1, 0.15) is 16.5 Å². The molecular weight excluding hydrogens is 432 g/mol. The third-order valence-corrected chi connectivity index (χ3v) is 8.15. The van der Waals surface area contributed by atoms with Gasteiger partial charge in [-0.1, -0.05) is 30.2 Å². The lowest BCUT2D eigenvalue weighted by atomic mass is 10.2. The van der Waals surface area contributed by atoms with Gasteiger partial charge >= 0.3 is 5.97 Å². The quantitative estimate of drug-likeness (QED) is 0.535. The molecule has 0 atom stereocenters. The van der Waals surface area contributed by atoms with E-state index in [0.29, 0.717) is 18.1 Å². The van der Waals surface area contributed by atoms with Crippen LogP contribution >= 0.6 is 22.9 Å². The summed E-state index contributed by atoms with van der Waals surface area (Å²) in [4.78, 5) is 16.9. The largest absolute Gasteiger partial charge is 0.455 e. The molecule has 9 heteroatoms. The number of sulfonamides is 1. The molecule has 0 unspecified atom stereocenters. The summed E-state index contributed by atoms with van der Waals surface area (Å²) < 4.78 is 33.7. The molecule has 3 aromatic rings. The lowest BCUT2D eigenvalue weighted by Gasteiger charge is -2.26. The Morgan fingerprint density at radius 2 is 1.90 bits per heavy atom. The smallest absolute Gasteiger partial charge is 0.338 e. The number of carbonyl (C=O) groups is 1. The third-order valence-electron chi connectivity index (χ3n) is 4.76. The third kappa shape index (κ3) is 4.30. The van der Waals surface area contributed by atoms with Crippen molar-refractivity contribution in [2.75, 3.05) is 13.1 Å². The predicted octanol–water partition coefficient (Wildman–Crippen LogP) is 4.48. The first-order chi connectivity index (χ1) is 13.9. The number of carbonyl (C=O) groups excluding carboxylic acids is 1. The molecule has 2 heterocycles. The summed E-state index contributed by atoms with van der Waals surface area (Å²) in [5, 5.41) is 0.771. The van der Waals surface area contributed by atoms with Gasteiger partial charge in [0.25, 0.3) is 0 Å². The predicted molar refractivity (Wildman–Crippen MR) is 113 cm³/mol. The SMILES string of the molecule is O=C(OCc1nc2ccccc2s1)c1ccc(Cl)c(S(=O)(=O)N2CCCCC2)c1. The van der Waals surface area contributed by atoms with E-state index in [4.69, 9.17) is 16.3 Å². The van der Waals surface area contributed by atoms with Gasteiger partial charge in [-0.3, -0.25) is 0 Å². The highest BCUT2D eigenvalue weighted by molar-refractivity contribution is 7.89. The number of para-hydroxylation sites is 1. The highest BCUT2D eigenvalue weighted by Crippen LogP contribution is 2.28. The summed E-state index contributed by atoms with van der Waals surface area (Å²) in [7, 11) is -3.75. The number of rotatable bonds is 5. The Morgan fingerprint density at radius 1 is 1.14 bits per heavy atom. The van der Waals surface area contributed by atoms with Crippen LogP contribution in [-0.4, -0.2) is 36.8 Å². The fourth-order valence-corrected chi connectivity index (χ4v) is 6.16. The number of aromatic nitrogens is 1. The second kappa shape index (κ2) is 8.39. The highest BCUT2D eigenvalue weighted by Gasteiger charge is 2.29. The van der Waals surface area contributed by atoms with Gasteiger partial charge in [-0.05, 0) is 43.2 Å². The number of ether oxygens (including phenoxy) is 1. The van der Waals surface area contributed by atoms with E-state index < -0.39 is 16.0 Å². The Balaban J connectivity index is 1.52. The molecule has 0 amide bonds. The van der Waals surface area contributed by atoms with Crippen molar-refractivity contribution in [1.29, 1.82) is 0 Å². The van der Waals surface area contributed by atoms with Crippen molar-refractivity contribution in [3.63, 3.8) is 0 Å². The summed E-state index contributed by atoms with van der Waals surface area (Å²) in [6.07, 6.45) is 2.65. The van der Waals surface area contributed by atoms with Crippen LogP contribution in [0.25, 0.3) is 10.2 Å². The van der Waals surface area contributed by atoms with E-state index in [-0.39, 0.29) is 22.1 Å². The molecular formula is C20H19ClN2O4S2. The van der Waals surface area contributed by atoms with Gasteiger partial charge in [-0.25, -0.2) is 18.2 Å². The van der Waals surface area contributed by atoms with Crippen LogP contribution in [-0.2, 0) is 21.4 Å². The number of piperidine rings is 1. The molecule has 0 bridgehead atoms. The molecule has 1 aromatic heterocycles. The fraction of sp³-hybridized carbons (Fsp3) is 0.300. The molecule has 0 radical (unpaired) electrons. The fourth-order valence-electron chi connectivity index (χ4n) is 3.26. The molecule has 29 heavy (non-hydrogen) atoms. The molecule has 1 aliphatic rings. The van der Waals surface area contributed by atoms with Crippen LogP contribution in [0.4, 0.5) is 0 Å². The van der Waals surface area contributed by atoms with Gasteiger partial charge < -0.3 is 4.74 Å². The van der Waals surface area contributed by atoms with Gasteiger partial charge in [-0.15, -0.1) is 11.3 Å². The summed E-state index contributed by atoms with van der Waals surface area (Å²) in [5.74, 6) is -0.615. The van der Waals surface area contributed by atoms with Crippen molar-refractivity contribution < 1.29 is 17.9 Å². The molecule has 1 saturated heterocycles. The topological polar surface area (TPSA) is 76.6 Å². The normalized spacial score (nSPS) is 15.5. The number of esters is 1. The van der Waals surface area contributed by atoms with Crippen LogP contribution in [0.3, 0.4) is 0 Å². The number of thiazole rings is 1. The molecule has 1 aliphatic heterocycles. The second-order valence-corrected chi connectivity index (χ2v) is 10.2. The van der Waals surface area contributed by atoms with Gasteiger partial charge in [0.15, 0.2) is 0 Å². The first-order valence-corrected chi connectivity index (χ1v) is 11.9. The minimum absolute atomic E-state index is 0.0228. The highest BCUT2D eigenvalue weighted by atomic mass is 35.5. The number of fused-ring (bicyclic) bond motifs is 1. The van der Waals surface area contributed by atoms with Gasteiger partial charge in [0.05, 0.1) is 20.8 Å². The zero-order valence-corrected chi connectivity index (χ0v) is 17.9. The van der Waals surface area contributed by atoms with E-state index in [1.807, 2.05) is 24.3 Å². The van der Waals surface area contributed by atoms with Crippen molar-refractivity contribution in [2.45, 2.75) is 30.8 Å². The Morgan fingerprint density at radius 3 is 2.66 bits per heavy atom. The maximum atomic E-state index is 12.9. The van der Waals surface area contributed by atoms with Crippen molar-refractivity contribution >= 4 is 49.1 Å². The number of hydrogen-bond acceptors (Lipinski definition) is 6. The van der Waals surface area contributed by atoms with Crippen molar-refractivity contribution in [1.82, 2.24) is 9.29 Å². The van der Waals surface area contributed by atoms with Crippen LogP contribution < -0.4 is 0 Å². The average Bonchev–Trinajstić information content (AvgIpc) is 3.16. The number of benzene rings is 2. The Kier molecular flexibility index (Phi) is 5.87. The van der Waals surface area contributed by atoms with Crippen LogP contribution in [0.1, 0.15) is 34.6 Å². The Labute approximate surface area is 178 Å². The van der Waals surface area contributed by atoms with Crippen LogP contribution in [0.2, 0.25) is 5.02 Å². The number of nitrogens with zero attached hydrogens (tertiary/aromatic N) is 2. The summed E-state index contributed by atoms with van der Waals surface area (Å²) in [6, 6.07) is 11.9. The minimum atomic E-state index is -3.75. The van der Waals surface area contributed by atoms with Crippen LogP contribution in [0, 0.1) is 0 Å². The lowest BCUT2D eigenvalue weighted by Crippen LogP contribution is -2.35. The van der Waals surface area contributed by atoms with Crippen molar-refractivity contribution in [3.05, 3.63) is 58.1 Å². The molecule has 4 rings (SSSR count). The molecule has 6 nitrogen and oxygen atoms in total. The maximum absolute atomic E-state index is 12.9. The number of hydrogen-bond donors (Lipinski definition) is 0. The average molecular weight is 451 g/mol. The monoisotopic (exact) mass is 450 g/mol. The first kappa shape index (κ1) is 20.3. The molecule has 0 saturated carbocycles. The van der Waals surface area contributed by atoms with Gasteiger partial charge in [-0.2, -0.15) is 4.31 Å². The molecule has 0 spiro atoms. The molecule has 0 N–H and O–H groups in total. The van der Waals surface area contributed by atoms with Gasteiger partial charge in [0, 0.05) is 13.1 Å². The summed E-state index contributed by atoms with van der Waals surface area (Å²) in [6.45, 7) is 0.949. The maximum Gasteiger partial charge on any atom is 0.338 e. The second-order valence-electron chi connectivity index (χ2n) is 6.76.